The summed E-state index contributed by atoms with van der Waals surface area (Å²) in [5.74, 6) is -0.282. The van der Waals surface area contributed by atoms with Gasteiger partial charge in [0.15, 0.2) is 0 Å². The molecule has 1 aromatic carbocycles. The molecular weight excluding hydrogens is 332 g/mol. The minimum absolute atomic E-state index is 0.0587. The van der Waals surface area contributed by atoms with Crippen LogP contribution < -0.4 is 11.2 Å². The Hall–Kier alpha value is -2.67. The predicted octanol–water partition coefficient (Wildman–Crippen LogP) is 0.726. The maximum Gasteiger partial charge on any atom is 0.326 e. The van der Waals surface area contributed by atoms with Crippen molar-refractivity contribution < 1.29 is 4.79 Å². The molecule has 0 unspecified atom stereocenters. The Kier molecular flexibility index (Phi) is 4.46. The van der Waals surface area contributed by atoms with Gasteiger partial charge in [0.25, 0.3) is 11.5 Å². The predicted molar refractivity (Wildman–Crippen MR) is 97.2 cm³/mol. The van der Waals surface area contributed by atoms with Gasteiger partial charge in [0.1, 0.15) is 5.69 Å². The van der Waals surface area contributed by atoms with Crippen molar-refractivity contribution in [1.82, 2.24) is 19.8 Å². The summed E-state index contributed by atoms with van der Waals surface area (Å²) < 4.78 is 0. The lowest BCUT2D eigenvalue weighted by molar-refractivity contribution is 0.0543. The number of H-pyrrole nitrogens is 2. The molecule has 136 valence electrons. The second-order valence-corrected chi connectivity index (χ2v) is 7.04. The summed E-state index contributed by atoms with van der Waals surface area (Å²) >= 11 is 0. The molecule has 1 amide bonds. The number of likely N-dealkylation sites (tertiary alicyclic amines) is 1. The number of hydrogen-bond acceptors (Lipinski definition) is 4. The molecule has 2 aliphatic rings. The first-order chi connectivity index (χ1) is 12.6. The largest absolute Gasteiger partial charge is 0.336 e. The van der Waals surface area contributed by atoms with Gasteiger partial charge in [-0.3, -0.25) is 19.5 Å². The lowest BCUT2D eigenvalue weighted by Gasteiger charge is -2.41. The number of hydrogen-bond donors (Lipinski definition) is 2. The molecule has 0 aliphatic carbocycles. The van der Waals surface area contributed by atoms with Gasteiger partial charge in [0.2, 0.25) is 0 Å². The average molecular weight is 354 g/mol. The van der Waals surface area contributed by atoms with Crippen LogP contribution >= 0.6 is 0 Å². The second-order valence-electron chi connectivity index (χ2n) is 7.04. The van der Waals surface area contributed by atoms with Crippen LogP contribution in [0, 0.1) is 0 Å². The van der Waals surface area contributed by atoms with Gasteiger partial charge in [0.05, 0.1) is 0 Å². The van der Waals surface area contributed by atoms with E-state index in [2.05, 4.69) is 39.1 Å². The highest BCUT2D eigenvalue weighted by Gasteiger charge is 2.30. The first-order valence-corrected chi connectivity index (χ1v) is 9.04. The first kappa shape index (κ1) is 16.8. The highest BCUT2D eigenvalue weighted by molar-refractivity contribution is 5.92. The summed E-state index contributed by atoms with van der Waals surface area (Å²) in [5.41, 5.74) is 1.62. The quantitative estimate of drug-likeness (QED) is 0.832. The Morgan fingerprint density at radius 1 is 1.08 bits per heavy atom. The SMILES string of the molecule is O=C(c1cc(=O)[nH]c(=O)[nH]1)N1CCC[C@@H](N2CCc3ccccc3C2)C1. The maximum absolute atomic E-state index is 12.7. The molecule has 1 atom stereocenters. The van der Waals surface area contributed by atoms with Crippen molar-refractivity contribution in [2.24, 2.45) is 0 Å². The second kappa shape index (κ2) is 6.92. The number of carbonyl (C=O) groups excluding carboxylic acids is 1. The van der Waals surface area contributed by atoms with Crippen LogP contribution in [0.15, 0.2) is 39.9 Å². The minimum Gasteiger partial charge on any atom is -0.336 e. The van der Waals surface area contributed by atoms with E-state index in [4.69, 9.17) is 0 Å². The molecule has 1 saturated heterocycles. The highest BCUT2D eigenvalue weighted by Crippen LogP contribution is 2.24. The Morgan fingerprint density at radius 3 is 2.69 bits per heavy atom. The Labute approximate surface area is 150 Å². The van der Waals surface area contributed by atoms with E-state index in [1.165, 1.54) is 11.1 Å². The van der Waals surface area contributed by atoms with Crippen LogP contribution in [0.25, 0.3) is 0 Å². The molecule has 0 saturated carbocycles. The standard InChI is InChI=1S/C19H22N4O3/c24-17-10-16(20-19(26)21-17)18(25)23-8-3-6-15(12-23)22-9-7-13-4-1-2-5-14(13)11-22/h1-2,4-5,10,15H,3,6-9,11-12H2,(H2,20,21,24,26)/t15-/m1/s1. The number of aromatic nitrogens is 2. The van der Waals surface area contributed by atoms with Gasteiger partial charge in [-0.15, -0.1) is 0 Å². The zero-order valence-electron chi connectivity index (χ0n) is 14.5. The van der Waals surface area contributed by atoms with E-state index in [1.54, 1.807) is 4.90 Å². The van der Waals surface area contributed by atoms with Crippen molar-refractivity contribution in [3.05, 3.63) is 68.0 Å². The molecule has 0 radical (unpaired) electrons. The summed E-state index contributed by atoms with van der Waals surface area (Å²) in [6.45, 7) is 3.17. The molecule has 2 aromatic rings. The number of nitrogens with zero attached hydrogens (tertiary/aromatic N) is 2. The summed E-state index contributed by atoms with van der Waals surface area (Å²) in [5, 5.41) is 0. The fourth-order valence-corrected chi connectivity index (χ4v) is 4.02. The van der Waals surface area contributed by atoms with Crippen molar-refractivity contribution >= 4 is 5.91 Å². The zero-order chi connectivity index (χ0) is 18.1. The van der Waals surface area contributed by atoms with Gasteiger partial charge in [0, 0.05) is 38.3 Å². The van der Waals surface area contributed by atoms with E-state index in [9.17, 15) is 14.4 Å². The molecule has 0 spiro atoms. The molecule has 1 fully saturated rings. The number of piperidine rings is 1. The van der Waals surface area contributed by atoms with Gasteiger partial charge in [-0.25, -0.2) is 4.79 Å². The summed E-state index contributed by atoms with van der Waals surface area (Å²) in [6.07, 6.45) is 3.00. The number of amides is 1. The molecule has 4 rings (SSSR count). The molecular formula is C19H22N4O3. The van der Waals surface area contributed by atoms with Crippen LogP contribution in [0.1, 0.15) is 34.5 Å². The molecule has 7 nitrogen and oxygen atoms in total. The summed E-state index contributed by atoms with van der Waals surface area (Å²) in [7, 11) is 0. The van der Waals surface area contributed by atoms with Crippen LogP contribution in [0.4, 0.5) is 0 Å². The van der Waals surface area contributed by atoms with Gasteiger partial charge in [-0.1, -0.05) is 24.3 Å². The molecule has 2 aliphatic heterocycles. The lowest BCUT2D eigenvalue weighted by atomic mass is 9.96. The van der Waals surface area contributed by atoms with Crippen molar-refractivity contribution in [1.29, 1.82) is 0 Å². The van der Waals surface area contributed by atoms with E-state index >= 15 is 0 Å². The summed E-state index contributed by atoms with van der Waals surface area (Å²) in [6, 6.07) is 9.97. The van der Waals surface area contributed by atoms with Crippen molar-refractivity contribution in [2.75, 3.05) is 19.6 Å². The smallest absolute Gasteiger partial charge is 0.326 e. The molecule has 7 heteroatoms. The van der Waals surface area contributed by atoms with Gasteiger partial charge < -0.3 is 9.88 Å². The molecule has 3 heterocycles. The molecule has 1 aromatic heterocycles. The van der Waals surface area contributed by atoms with Crippen LogP contribution in [0.5, 0.6) is 0 Å². The van der Waals surface area contributed by atoms with E-state index < -0.39 is 11.2 Å². The topological polar surface area (TPSA) is 89.3 Å². The van der Waals surface area contributed by atoms with Gasteiger partial charge in [-0.2, -0.15) is 0 Å². The van der Waals surface area contributed by atoms with Crippen LogP contribution in [-0.4, -0.2) is 51.4 Å². The molecule has 0 bridgehead atoms. The van der Waals surface area contributed by atoms with Gasteiger partial charge in [-0.05, 0) is 30.4 Å². The van der Waals surface area contributed by atoms with Gasteiger partial charge >= 0.3 is 5.69 Å². The monoisotopic (exact) mass is 354 g/mol. The number of aromatic amines is 2. The zero-order valence-corrected chi connectivity index (χ0v) is 14.5. The Morgan fingerprint density at radius 2 is 1.88 bits per heavy atom. The number of carbonyl (C=O) groups is 1. The van der Waals surface area contributed by atoms with E-state index in [0.717, 1.165) is 38.4 Å². The Balaban J connectivity index is 1.48. The van der Waals surface area contributed by atoms with Crippen molar-refractivity contribution in [3.63, 3.8) is 0 Å². The normalized spacial score (nSPS) is 20.6. The first-order valence-electron chi connectivity index (χ1n) is 9.04. The number of nitrogens with one attached hydrogen (secondary N) is 2. The maximum atomic E-state index is 12.7. The number of rotatable bonds is 2. The van der Waals surface area contributed by atoms with E-state index in [1.807, 2.05) is 0 Å². The molecule has 2 N–H and O–H groups in total. The van der Waals surface area contributed by atoms with Crippen LogP contribution in [0.2, 0.25) is 0 Å². The van der Waals surface area contributed by atoms with Crippen molar-refractivity contribution in [3.8, 4) is 0 Å². The van der Waals surface area contributed by atoms with Crippen LogP contribution in [0.3, 0.4) is 0 Å². The average Bonchev–Trinajstić information content (AvgIpc) is 2.66. The fraction of sp³-hybridized carbons (Fsp3) is 0.421. The van der Waals surface area contributed by atoms with E-state index in [0.29, 0.717) is 19.1 Å². The van der Waals surface area contributed by atoms with E-state index in [-0.39, 0.29) is 11.6 Å². The third-order valence-electron chi connectivity index (χ3n) is 5.35. The van der Waals surface area contributed by atoms with Crippen molar-refractivity contribution in [2.45, 2.75) is 31.8 Å². The van der Waals surface area contributed by atoms with Crippen LogP contribution in [-0.2, 0) is 13.0 Å². The third kappa shape index (κ3) is 3.35. The Bertz CT molecular complexity index is 904. The number of benzene rings is 1. The third-order valence-corrected chi connectivity index (χ3v) is 5.35. The minimum atomic E-state index is -0.651. The number of fused-ring (bicyclic) bond motifs is 1. The highest BCUT2D eigenvalue weighted by atomic mass is 16.2. The molecule has 26 heavy (non-hydrogen) atoms. The summed E-state index contributed by atoms with van der Waals surface area (Å²) in [4.78, 5) is 44.3. The lowest BCUT2D eigenvalue weighted by Crippen LogP contribution is -2.51. The fourth-order valence-electron chi connectivity index (χ4n) is 4.02.